The van der Waals surface area contributed by atoms with E-state index < -0.39 is 0 Å². The van der Waals surface area contributed by atoms with E-state index in [1.54, 1.807) is 7.11 Å². The maximum Gasteiger partial charge on any atom is 0.322 e. The molecular weight excluding hydrogens is 320 g/mol. The fourth-order valence-electron chi connectivity index (χ4n) is 2.66. The summed E-state index contributed by atoms with van der Waals surface area (Å²) >= 11 is 3.42. The van der Waals surface area contributed by atoms with Crippen LogP contribution in [0.5, 0.6) is 5.75 Å². The van der Waals surface area contributed by atoms with Gasteiger partial charge in [0, 0.05) is 17.1 Å². The number of benzene rings is 1. The number of piperidine rings is 1. The molecule has 0 aromatic heterocycles. The van der Waals surface area contributed by atoms with Crippen molar-refractivity contribution in [2.24, 2.45) is 0 Å². The van der Waals surface area contributed by atoms with Crippen molar-refractivity contribution in [1.29, 1.82) is 0 Å². The molecule has 110 valence electrons. The van der Waals surface area contributed by atoms with Gasteiger partial charge < -0.3 is 15.0 Å². The number of hydrogen-bond acceptors (Lipinski definition) is 2. The predicted molar refractivity (Wildman–Crippen MR) is 84.3 cm³/mol. The van der Waals surface area contributed by atoms with Crippen LogP contribution < -0.4 is 10.1 Å². The van der Waals surface area contributed by atoms with Crippen LogP contribution in [0.3, 0.4) is 0 Å². The highest BCUT2D eigenvalue weighted by molar-refractivity contribution is 9.10. The molecule has 0 bridgehead atoms. The van der Waals surface area contributed by atoms with E-state index in [1.807, 2.05) is 23.1 Å². The first-order chi connectivity index (χ1) is 9.65. The van der Waals surface area contributed by atoms with Crippen molar-refractivity contribution in [3.05, 3.63) is 22.7 Å². The molecule has 5 heteroatoms. The van der Waals surface area contributed by atoms with E-state index in [1.165, 1.54) is 6.42 Å². The number of carbonyl (C=O) groups excluding carboxylic acids is 1. The minimum absolute atomic E-state index is 0.0343. The molecule has 0 saturated carbocycles. The Morgan fingerprint density at radius 2 is 2.30 bits per heavy atom. The summed E-state index contributed by atoms with van der Waals surface area (Å²) in [5.41, 5.74) is 0.701. The van der Waals surface area contributed by atoms with Gasteiger partial charge in [-0.1, -0.05) is 22.9 Å². The number of nitrogens with one attached hydrogen (secondary N) is 1. The minimum atomic E-state index is -0.0343. The maximum absolute atomic E-state index is 12.5. The van der Waals surface area contributed by atoms with Crippen LogP contribution in [0.1, 0.15) is 32.6 Å². The number of likely N-dealkylation sites (tertiary alicyclic amines) is 1. The van der Waals surface area contributed by atoms with E-state index >= 15 is 0 Å². The lowest BCUT2D eigenvalue weighted by molar-refractivity contribution is 0.160. The quantitative estimate of drug-likeness (QED) is 0.893. The first kappa shape index (κ1) is 15.2. The van der Waals surface area contributed by atoms with Crippen LogP contribution in [-0.4, -0.2) is 30.6 Å². The monoisotopic (exact) mass is 340 g/mol. The van der Waals surface area contributed by atoms with Crippen molar-refractivity contribution in [3.8, 4) is 5.75 Å². The molecule has 2 amide bonds. The van der Waals surface area contributed by atoms with Gasteiger partial charge in [0.25, 0.3) is 0 Å². The van der Waals surface area contributed by atoms with Gasteiger partial charge in [0.2, 0.25) is 0 Å². The molecule has 0 aliphatic carbocycles. The van der Waals surface area contributed by atoms with Gasteiger partial charge in [-0.15, -0.1) is 0 Å². The second kappa shape index (κ2) is 6.97. The average Bonchev–Trinajstić information content (AvgIpc) is 2.47. The third-order valence-corrected chi connectivity index (χ3v) is 4.26. The smallest absolute Gasteiger partial charge is 0.322 e. The van der Waals surface area contributed by atoms with Crippen molar-refractivity contribution >= 4 is 27.6 Å². The Balaban J connectivity index is 2.12. The van der Waals surface area contributed by atoms with E-state index in [0.717, 1.165) is 30.3 Å². The zero-order valence-electron chi connectivity index (χ0n) is 12.0. The van der Waals surface area contributed by atoms with E-state index in [0.29, 0.717) is 17.5 Å². The van der Waals surface area contributed by atoms with Crippen molar-refractivity contribution in [2.45, 2.75) is 38.6 Å². The number of ether oxygens (including phenoxy) is 1. The summed E-state index contributed by atoms with van der Waals surface area (Å²) in [4.78, 5) is 14.4. The zero-order valence-corrected chi connectivity index (χ0v) is 13.6. The Morgan fingerprint density at radius 1 is 1.50 bits per heavy atom. The lowest BCUT2D eigenvalue weighted by atomic mass is 10.0. The Hall–Kier alpha value is -1.23. The molecule has 1 aromatic rings. The zero-order chi connectivity index (χ0) is 14.5. The normalized spacial score (nSPS) is 18.8. The molecule has 1 aliphatic rings. The Bertz CT molecular complexity index is 479. The van der Waals surface area contributed by atoms with E-state index in [9.17, 15) is 4.79 Å². The molecule has 20 heavy (non-hydrogen) atoms. The first-order valence-corrected chi connectivity index (χ1v) is 7.86. The second-order valence-electron chi connectivity index (χ2n) is 5.03. The second-order valence-corrected chi connectivity index (χ2v) is 5.94. The number of rotatable bonds is 3. The standard InChI is InChI=1S/C15H21BrN2O2/c1-3-12-6-4-5-9-18(12)15(19)17-13-10-11(16)7-8-14(13)20-2/h7-8,10,12H,3-6,9H2,1-2H3,(H,17,19)/t12-/m1/s1. The molecular formula is C15H21BrN2O2. The van der Waals surface area contributed by atoms with E-state index in [2.05, 4.69) is 28.2 Å². The summed E-state index contributed by atoms with van der Waals surface area (Å²) in [6, 6.07) is 5.91. The number of hydrogen-bond donors (Lipinski definition) is 1. The molecule has 1 saturated heterocycles. The van der Waals surface area contributed by atoms with Gasteiger partial charge in [-0.3, -0.25) is 0 Å². The van der Waals surface area contributed by atoms with Gasteiger partial charge >= 0.3 is 6.03 Å². The molecule has 4 nitrogen and oxygen atoms in total. The fraction of sp³-hybridized carbons (Fsp3) is 0.533. The third kappa shape index (κ3) is 3.45. The summed E-state index contributed by atoms with van der Waals surface area (Å²) in [5.74, 6) is 0.673. The molecule has 1 fully saturated rings. The molecule has 1 aliphatic heterocycles. The molecule has 1 atom stereocenters. The Kier molecular flexibility index (Phi) is 5.29. The summed E-state index contributed by atoms with van der Waals surface area (Å²) in [6.07, 6.45) is 4.39. The largest absolute Gasteiger partial charge is 0.495 e. The number of anilines is 1. The highest BCUT2D eigenvalue weighted by Gasteiger charge is 2.25. The predicted octanol–water partition coefficient (Wildman–Crippen LogP) is 4.25. The van der Waals surface area contributed by atoms with Crippen molar-refractivity contribution in [3.63, 3.8) is 0 Å². The summed E-state index contributed by atoms with van der Waals surface area (Å²) in [7, 11) is 1.61. The maximum atomic E-state index is 12.5. The number of amides is 2. The highest BCUT2D eigenvalue weighted by Crippen LogP contribution is 2.29. The molecule has 0 spiro atoms. The summed E-state index contributed by atoms with van der Waals surface area (Å²) in [5, 5.41) is 2.97. The van der Waals surface area contributed by atoms with Gasteiger partial charge in [0.15, 0.2) is 0 Å². The molecule has 2 rings (SSSR count). The molecule has 0 radical (unpaired) electrons. The van der Waals surface area contributed by atoms with Gasteiger partial charge in [-0.05, 0) is 43.9 Å². The topological polar surface area (TPSA) is 41.6 Å². The highest BCUT2D eigenvalue weighted by atomic mass is 79.9. The summed E-state index contributed by atoms with van der Waals surface area (Å²) < 4.78 is 6.20. The van der Waals surface area contributed by atoms with Crippen molar-refractivity contribution < 1.29 is 9.53 Å². The van der Waals surface area contributed by atoms with Crippen molar-refractivity contribution in [2.75, 3.05) is 19.0 Å². The third-order valence-electron chi connectivity index (χ3n) is 3.76. The van der Waals surface area contributed by atoms with Crippen LogP contribution in [0.25, 0.3) is 0 Å². The van der Waals surface area contributed by atoms with Gasteiger partial charge in [0.05, 0.1) is 12.8 Å². The SMILES string of the molecule is CC[C@@H]1CCCCN1C(=O)Nc1cc(Br)ccc1OC. The number of methoxy groups -OCH3 is 1. The number of halogens is 1. The van der Waals surface area contributed by atoms with Gasteiger partial charge in [-0.25, -0.2) is 4.79 Å². The minimum Gasteiger partial charge on any atom is -0.495 e. The molecule has 1 aromatic carbocycles. The Labute approximate surface area is 128 Å². The first-order valence-electron chi connectivity index (χ1n) is 7.07. The van der Waals surface area contributed by atoms with Crippen LogP contribution in [0, 0.1) is 0 Å². The number of carbonyl (C=O) groups is 1. The number of urea groups is 1. The van der Waals surface area contributed by atoms with Crippen molar-refractivity contribution in [1.82, 2.24) is 4.90 Å². The van der Waals surface area contributed by atoms with Crippen LogP contribution in [0.4, 0.5) is 10.5 Å². The average molecular weight is 341 g/mol. The fourth-order valence-corrected chi connectivity index (χ4v) is 3.02. The summed E-state index contributed by atoms with van der Waals surface area (Å²) in [6.45, 7) is 2.97. The van der Waals surface area contributed by atoms with Gasteiger partial charge in [-0.2, -0.15) is 0 Å². The van der Waals surface area contributed by atoms with Crippen LogP contribution >= 0.6 is 15.9 Å². The Morgan fingerprint density at radius 3 is 3.00 bits per heavy atom. The van der Waals surface area contributed by atoms with Crippen LogP contribution in [-0.2, 0) is 0 Å². The van der Waals surface area contributed by atoms with E-state index in [4.69, 9.17) is 4.74 Å². The lowest BCUT2D eigenvalue weighted by Crippen LogP contribution is -2.45. The van der Waals surface area contributed by atoms with Crippen LogP contribution in [0.2, 0.25) is 0 Å². The van der Waals surface area contributed by atoms with E-state index in [-0.39, 0.29) is 6.03 Å². The molecule has 0 unspecified atom stereocenters. The molecule has 1 N–H and O–H groups in total. The number of nitrogens with zero attached hydrogens (tertiary/aromatic N) is 1. The molecule has 1 heterocycles. The lowest BCUT2D eigenvalue weighted by Gasteiger charge is -2.35. The van der Waals surface area contributed by atoms with Crippen LogP contribution in [0.15, 0.2) is 22.7 Å². The van der Waals surface area contributed by atoms with Gasteiger partial charge in [0.1, 0.15) is 5.75 Å².